The van der Waals surface area contributed by atoms with Crippen LogP contribution in [0.25, 0.3) is 0 Å². The average molecular weight is 284 g/mol. The zero-order valence-corrected chi connectivity index (χ0v) is 12.9. The fraction of sp³-hybridized carbons (Fsp3) is 0.571. The molecule has 108 valence electrons. The fourth-order valence-electron chi connectivity index (χ4n) is 1.81. The van der Waals surface area contributed by atoms with Gasteiger partial charge in [0.05, 0.1) is 5.75 Å². The van der Waals surface area contributed by atoms with E-state index in [0.717, 1.165) is 5.56 Å². The van der Waals surface area contributed by atoms with Crippen molar-refractivity contribution in [1.82, 2.24) is 5.32 Å². The predicted molar refractivity (Wildman–Crippen MR) is 79.5 cm³/mol. The van der Waals surface area contributed by atoms with Crippen molar-refractivity contribution in [2.75, 3.05) is 12.3 Å². The van der Waals surface area contributed by atoms with Crippen molar-refractivity contribution in [1.29, 1.82) is 0 Å². The van der Waals surface area contributed by atoms with Crippen LogP contribution >= 0.6 is 0 Å². The molecule has 0 saturated heterocycles. The molecule has 0 fully saturated rings. The normalized spacial score (nSPS) is 14.4. The smallest absolute Gasteiger partial charge is 0.210 e. The van der Waals surface area contributed by atoms with E-state index >= 15 is 0 Å². The lowest BCUT2D eigenvalue weighted by Crippen LogP contribution is -2.28. The summed E-state index contributed by atoms with van der Waals surface area (Å²) in [4.78, 5) is 0. The van der Waals surface area contributed by atoms with Crippen molar-refractivity contribution in [3.63, 3.8) is 0 Å². The first-order chi connectivity index (χ1) is 8.59. The van der Waals surface area contributed by atoms with Crippen LogP contribution in [0.2, 0.25) is 0 Å². The van der Waals surface area contributed by atoms with E-state index in [1.807, 2.05) is 6.92 Å². The summed E-state index contributed by atoms with van der Waals surface area (Å²) in [5.74, 6) is -0.0442. The summed E-state index contributed by atoms with van der Waals surface area (Å²) >= 11 is 0. The van der Waals surface area contributed by atoms with E-state index in [-0.39, 0.29) is 17.2 Å². The van der Waals surface area contributed by atoms with Crippen LogP contribution in [-0.4, -0.2) is 20.7 Å². The lowest BCUT2D eigenvalue weighted by molar-refractivity contribution is 0.570. The second-order valence-corrected chi connectivity index (χ2v) is 7.65. The van der Waals surface area contributed by atoms with Gasteiger partial charge >= 0.3 is 0 Å². The molecular formula is C14H24N2O2S. The molecule has 1 aromatic carbocycles. The molecule has 5 heteroatoms. The Morgan fingerprint density at radius 1 is 1.21 bits per heavy atom. The summed E-state index contributed by atoms with van der Waals surface area (Å²) in [6.45, 7) is 8.90. The number of rotatable bonds is 5. The topological polar surface area (TPSA) is 72.2 Å². The van der Waals surface area contributed by atoms with Crippen molar-refractivity contribution in [2.45, 2.75) is 39.2 Å². The third-order valence-electron chi connectivity index (χ3n) is 3.11. The van der Waals surface area contributed by atoms with Crippen LogP contribution < -0.4 is 10.5 Å². The number of hydrogen-bond donors (Lipinski definition) is 2. The highest BCUT2D eigenvalue weighted by Crippen LogP contribution is 2.23. The largest absolute Gasteiger partial charge is 0.309 e. The Kier molecular flexibility index (Phi) is 5.12. The van der Waals surface area contributed by atoms with E-state index < -0.39 is 10.0 Å². The summed E-state index contributed by atoms with van der Waals surface area (Å²) in [6, 6.07) is 8.50. The summed E-state index contributed by atoms with van der Waals surface area (Å²) < 4.78 is 21.7. The van der Waals surface area contributed by atoms with Crippen LogP contribution in [0.4, 0.5) is 0 Å². The molecule has 19 heavy (non-hydrogen) atoms. The highest BCUT2D eigenvalue weighted by Gasteiger charge is 2.14. The predicted octanol–water partition coefficient (Wildman–Crippen LogP) is 1.92. The molecular weight excluding hydrogens is 260 g/mol. The molecule has 1 unspecified atom stereocenters. The van der Waals surface area contributed by atoms with E-state index in [2.05, 4.69) is 50.4 Å². The molecule has 0 heterocycles. The zero-order valence-electron chi connectivity index (χ0n) is 12.1. The summed E-state index contributed by atoms with van der Waals surface area (Å²) in [5.41, 5.74) is 2.57. The van der Waals surface area contributed by atoms with Crippen molar-refractivity contribution in [3.8, 4) is 0 Å². The average Bonchev–Trinajstić information content (AvgIpc) is 2.26. The molecule has 4 nitrogen and oxygen atoms in total. The van der Waals surface area contributed by atoms with Crippen LogP contribution in [0.3, 0.4) is 0 Å². The molecule has 0 aliphatic carbocycles. The van der Waals surface area contributed by atoms with Gasteiger partial charge in [-0.2, -0.15) is 0 Å². The molecule has 1 rings (SSSR count). The van der Waals surface area contributed by atoms with Gasteiger partial charge in [0.15, 0.2) is 0 Å². The Balaban J connectivity index is 2.61. The van der Waals surface area contributed by atoms with Crippen LogP contribution in [0.5, 0.6) is 0 Å². The molecule has 1 aromatic rings. The van der Waals surface area contributed by atoms with Gasteiger partial charge in [-0.25, -0.2) is 13.6 Å². The Labute approximate surface area is 116 Å². The van der Waals surface area contributed by atoms with Gasteiger partial charge in [0.25, 0.3) is 0 Å². The van der Waals surface area contributed by atoms with Crippen molar-refractivity contribution < 1.29 is 8.42 Å². The third-order valence-corrected chi connectivity index (χ3v) is 3.89. The molecule has 0 saturated carbocycles. The highest BCUT2D eigenvalue weighted by molar-refractivity contribution is 7.89. The molecule has 0 aromatic heterocycles. The second kappa shape index (κ2) is 6.03. The lowest BCUT2D eigenvalue weighted by atomic mass is 9.86. The Hall–Kier alpha value is -0.910. The maximum atomic E-state index is 10.8. The standard InChI is InChI=1S/C14H24N2O2S/c1-11(16-9-10-19(15,17)18)12-5-7-13(8-6-12)14(2,3)4/h5-8,11,16H,9-10H2,1-4H3,(H2,15,17,18). The van der Waals surface area contributed by atoms with Gasteiger partial charge in [0.1, 0.15) is 0 Å². The van der Waals surface area contributed by atoms with E-state index in [1.165, 1.54) is 5.56 Å². The van der Waals surface area contributed by atoms with E-state index in [0.29, 0.717) is 6.54 Å². The van der Waals surface area contributed by atoms with Crippen molar-refractivity contribution in [3.05, 3.63) is 35.4 Å². The summed E-state index contributed by atoms with van der Waals surface area (Å²) in [7, 11) is -3.39. The van der Waals surface area contributed by atoms with Crippen molar-refractivity contribution in [2.24, 2.45) is 5.14 Å². The van der Waals surface area contributed by atoms with E-state index in [9.17, 15) is 8.42 Å². The van der Waals surface area contributed by atoms with Gasteiger partial charge in [-0.1, -0.05) is 45.0 Å². The van der Waals surface area contributed by atoms with Gasteiger partial charge in [0, 0.05) is 12.6 Å². The minimum Gasteiger partial charge on any atom is -0.309 e. The number of benzene rings is 1. The quantitative estimate of drug-likeness (QED) is 0.867. The minimum atomic E-state index is -3.39. The number of sulfonamides is 1. The fourth-order valence-corrected chi connectivity index (χ4v) is 2.21. The van der Waals surface area contributed by atoms with Crippen molar-refractivity contribution >= 4 is 10.0 Å². The highest BCUT2D eigenvalue weighted by atomic mass is 32.2. The first-order valence-corrected chi connectivity index (χ1v) is 8.15. The van der Waals surface area contributed by atoms with Gasteiger partial charge in [-0.15, -0.1) is 0 Å². The van der Waals surface area contributed by atoms with Gasteiger partial charge in [-0.3, -0.25) is 0 Å². The SMILES string of the molecule is CC(NCCS(N)(=O)=O)c1ccc(C(C)(C)C)cc1. The number of nitrogens with one attached hydrogen (secondary N) is 1. The monoisotopic (exact) mass is 284 g/mol. The van der Waals surface area contributed by atoms with Gasteiger partial charge in [0.2, 0.25) is 10.0 Å². The van der Waals surface area contributed by atoms with Crippen LogP contribution in [0.1, 0.15) is 44.9 Å². The van der Waals surface area contributed by atoms with Crippen LogP contribution in [0.15, 0.2) is 24.3 Å². The Morgan fingerprint density at radius 2 is 1.74 bits per heavy atom. The Bertz CT molecular complexity index is 501. The number of nitrogens with two attached hydrogens (primary N) is 1. The van der Waals surface area contributed by atoms with Crippen LogP contribution in [-0.2, 0) is 15.4 Å². The van der Waals surface area contributed by atoms with Crippen LogP contribution in [0, 0.1) is 0 Å². The lowest BCUT2D eigenvalue weighted by Gasteiger charge is -2.20. The van der Waals surface area contributed by atoms with E-state index in [1.54, 1.807) is 0 Å². The maximum absolute atomic E-state index is 10.8. The summed E-state index contributed by atoms with van der Waals surface area (Å²) in [5, 5.41) is 8.11. The first-order valence-electron chi connectivity index (χ1n) is 6.44. The molecule has 1 atom stereocenters. The molecule has 0 spiro atoms. The third kappa shape index (κ3) is 5.72. The molecule has 3 N–H and O–H groups in total. The molecule has 0 radical (unpaired) electrons. The maximum Gasteiger partial charge on any atom is 0.210 e. The minimum absolute atomic E-state index is 0.0442. The molecule has 0 aliphatic heterocycles. The number of primary sulfonamides is 1. The zero-order chi connectivity index (χ0) is 14.7. The molecule has 0 aliphatic rings. The van der Waals surface area contributed by atoms with Gasteiger partial charge in [-0.05, 0) is 23.5 Å². The molecule has 0 amide bonds. The molecule has 0 bridgehead atoms. The second-order valence-electron chi connectivity index (χ2n) is 5.91. The van der Waals surface area contributed by atoms with Gasteiger partial charge < -0.3 is 5.32 Å². The first kappa shape index (κ1) is 16.1. The summed E-state index contributed by atoms with van der Waals surface area (Å²) in [6.07, 6.45) is 0. The Morgan fingerprint density at radius 3 is 2.16 bits per heavy atom. The number of hydrogen-bond acceptors (Lipinski definition) is 3. The van der Waals surface area contributed by atoms with E-state index in [4.69, 9.17) is 5.14 Å².